The van der Waals surface area contributed by atoms with Crippen molar-refractivity contribution in [1.29, 1.82) is 0 Å². The average molecular weight is 285 g/mol. The molecule has 0 saturated heterocycles. The molecule has 20 heavy (non-hydrogen) atoms. The molecule has 6 nitrogen and oxygen atoms in total. The van der Waals surface area contributed by atoms with Crippen LogP contribution >= 0.6 is 0 Å². The van der Waals surface area contributed by atoms with Crippen molar-refractivity contribution in [2.75, 3.05) is 7.05 Å². The molecule has 0 unspecified atom stereocenters. The summed E-state index contributed by atoms with van der Waals surface area (Å²) in [5, 5.41) is 7.77. The predicted octanol–water partition coefficient (Wildman–Crippen LogP) is 0.424. The molecular formula is C14H27N3O3. The first kappa shape index (κ1) is 18.4. The SMILES string of the molecule is CNC(=O)[C@@H](NC(=O)[C@H](CC(C)C)NC=O)C(C)(C)C. The highest BCUT2D eigenvalue weighted by Crippen LogP contribution is 2.19. The highest BCUT2D eigenvalue weighted by Gasteiger charge is 2.33. The highest BCUT2D eigenvalue weighted by molar-refractivity contribution is 5.90. The van der Waals surface area contributed by atoms with E-state index in [0.717, 1.165) is 0 Å². The van der Waals surface area contributed by atoms with Crippen molar-refractivity contribution in [2.24, 2.45) is 11.3 Å². The molecule has 0 bridgehead atoms. The topological polar surface area (TPSA) is 87.3 Å². The highest BCUT2D eigenvalue weighted by atomic mass is 16.2. The predicted molar refractivity (Wildman–Crippen MR) is 77.9 cm³/mol. The third kappa shape index (κ3) is 6.04. The molecule has 2 atom stereocenters. The molecule has 6 heteroatoms. The summed E-state index contributed by atoms with van der Waals surface area (Å²) >= 11 is 0. The van der Waals surface area contributed by atoms with Crippen LogP contribution in [0, 0.1) is 11.3 Å². The van der Waals surface area contributed by atoms with Gasteiger partial charge >= 0.3 is 0 Å². The Labute approximate surface area is 121 Å². The Morgan fingerprint density at radius 1 is 1.15 bits per heavy atom. The van der Waals surface area contributed by atoms with Crippen molar-refractivity contribution in [1.82, 2.24) is 16.0 Å². The first-order chi connectivity index (χ1) is 9.13. The quantitative estimate of drug-likeness (QED) is 0.593. The third-order valence-corrected chi connectivity index (χ3v) is 2.95. The Morgan fingerprint density at radius 3 is 2.05 bits per heavy atom. The van der Waals surface area contributed by atoms with E-state index < -0.39 is 17.5 Å². The van der Waals surface area contributed by atoms with Crippen LogP contribution in [0.4, 0.5) is 0 Å². The van der Waals surface area contributed by atoms with Crippen LogP contribution in [-0.2, 0) is 14.4 Å². The zero-order valence-electron chi connectivity index (χ0n) is 13.2. The normalized spacial score (nSPS) is 14.3. The van der Waals surface area contributed by atoms with Gasteiger partial charge in [-0.25, -0.2) is 0 Å². The zero-order valence-corrected chi connectivity index (χ0v) is 13.2. The second kappa shape index (κ2) is 7.87. The van der Waals surface area contributed by atoms with E-state index >= 15 is 0 Å². The summed E-state index contributed by atoms with van der Waals surface area (Å²) in [5.41, 5.74) is -0.417. The lowest BCUT2D eigenvalue weighted by atomic mass is 9.85. The van der Waals surface area contributed by atoms with Gasteiger partial charge in [0.05, 0.1) is 0 Å². The number of hydrogen-bond donors (Lipinski definition) is 3. The largest absolute Gasteiger partial charge is 0.357 e. The minimum Gasteiger partial charge on any atom is -0.357 e. The van der Waals surface area contributed by atoms with Gasteiger partial charge in [-0.05, 0) is 17.8 Å². The van der Waals surface area contributed by atoms with Gasteiger partial charge in [0, 0.05) is 7.05 Å². The molecule has 0 heterocycles. The molecule has 0 aromatic carbocycles. The number of carbonyl (C=O) groups is 3. The molecule has 0 aliphatic rings. The summed E-state index contributed by atoms with van der Waals surface area (Å²) in [6, 6.07) is -1.27. The van der Waals surface area contributed by atoms with Gasteiger partial charge in [0.2, 0.25) is 18.2 Å². The van der Waals surface area contributed by atoms with Gasteiger partial charge in [0.15, 0.2) is 0 Å². The fourth-order valence-electron chi connectivity index (χ4n) is 1.87. The van der Waals surface area contributed by atoms with Crippen LogP contribution in [-0.4, -0.2) is 37.4 Å². The first-order valence-corrected chi connectivity index (χ1v) is 6.85. The van der Waals surface area contributed by atoms with Gasteiger partial charge in [-0.15, -0.1) is 0 Å². The van der Waals surface area contributed by atoms with Crippen LogP contribution in [0.1, 0.15) is 41.0 Å². The summed E-state index contributed by atoms with van der Waals surface area (Å²) < 4.78 is 0. The van der Waals surface area contributed by atoms with Gasteiger partial charge in [-0.3, -0.25) is 14.4 Å². The Morgan fingerprint density at radius 2 is 1.70 bits per heavy atom. The molecule has 0 aliphatic heterocycles. The number of hydrogen-bond acceptors (Lipinski definition) is 3. The minimum atomic E-state index is -0.650. The van der Waals surface area contributed by atoms with E-state index in [9.17, 15) is 14.4 Å². The van der Waals surface area contributed by atoms with Crippen molar-refractivity contribution in [3.63, 3.8) is 0 Å². The van der Waals surface area contributed by atoms with Crippen LogP contribution in [0.3, 0.4) is 0 Å². The smallest absolute Gasteiger partial charge is 0.243 e. The maximum atomic E-state index is 12.2. The van der Waals surface area contributed by atoms with Gasteiger partial charge in [-0.1, -0.05) is 34.6 Å². The van der Waals surface area contributed by atoms with Crippen molar-refractivity contribution < 1.29 is 14.4 Å². The zero-order chi connectivity index (χ0) is 15.9. The lowest BCUT2D eigenvalue weighted by Crippen LogP contribution is -2.57. The van der Waals surface area contributed by atoms with Crippen molar-refractivity contribution >= 4 is 18.2 Å². The lowest BCUT2D eigenvalue weighted by Gasteiger charge is -2.31. The van der Waals surface area contributed by atoms with Gasteiger partial charge in [-0.2, -0.15) is 0 Å². The molecule has 0 aromatic rings. The molecule has 116 valence electrons. The number of amides is 3. The van der Waals surface area contributed by atoms with Crippen LogP contribution in [0.15, 0.2) is 0 Å². The van der Waals surface area contributed by atoms with E-state index in [4.69, 9.17) is 0 Å². The number of likely N-dealkylation sites (N-methyl/N-ethyl adjacent to an activating group) is 1. The molecule has 0 radical (unpaired) electrons. The summed E-state index contributed by atoms with van der Waals surface area (Å²) in [5.74, 6) is -0.333. The van der Waals surface area contributed by atoms with E-state index in [2.05, 4.69) is 16.0 Å². The summed E-state index contributed by atoms with van der Waals surface area (Å²) in [4.78, 5) is 34.7. The molecule has 0 saturated carbocycles. The summed E-state index contributed by atoms with van der Waals surface area (Å²) in [6.07, 6.45) is 1.04. The lowest BCUT2D eigenvalue weighted by molar-refractivity contribution is -0.133. The summed E-state index contributed by atoms with van der Waals surface area (Å²) in [7, 11) is 1.53. The molecule has 3 amide bonds. The maximum Gasteiger partial charge on any atom is 0.243 e. The fourth-order valence-corrected chi connectivity index (χ4v) is 1.87. The molecule has 0 spiro atoms. The molecule has 0 aromatic heterocycles. The van der Waals surface area contributed by atoms with E-state index in [1.807, 2.05) is 34.6 Å². The third-order valence-electron chi connectivity index (χ3n) is 2.95. The Kier molecular flexibility index (Phi) is 7.24. The summed E-state index contributed by atoms with van der Waals surface area (Å²) in [6.45, 7) is 9.55. The van der Waals surface area contributed by atoms with Crippen LogP contribution < -0.4 is 16.0 Å². The number of rotatable bonds is 7. The van der Waals surface area contributed by atoms with Gasteiger partial charge < -0.3 is 16.0 Å². The molecule has 0 rings (SSSR count). The van der Waals surface area contributed by atoms with E-state index in [1.165, 1.54) is 7.05 Å². The first-order valence-electron chi connectivity index (χ1n) is 6.85. The number of carbonyl (C=O) groups excluding carboxylic acids is 3. The molecule has 3 N–H and O–H groups in total. The standard InChI is InChI=1S/C14H27N3O3/c1-9(2)7-10(16-8-18)12(19)17-11(13(20)15-6)14(3,4)5/h8-11H,7H2,1-6H3,(H,15,20)(H,16,18)(H,17,19)/t10-,11+/m0/s1. The van der Waals surface area contributed by atoms with Gasteiger partial charge in [0.25, 0.3) is 0 Å². The fraction of sp³-hybridized carbons (Fsp3) is 0.786. The monoisotopic (exact) mass is 285 g/mol. The van der Waals surface area contributed by atoms with E-state index in [-0.39, 0.29) is 17.7 Å². The molecule has 0 aliphatic carbocycles. The second-order valence-corrected chi connectivity index (χ2v) is 6.39. The molecule has 0 fully saturated rings. The average Bonchev–Trinajstić information content (AvgIpc) is 2.32. The van der Waals surface area contributed by atoms with Gasteiger partial charge in [0.1, 0.15) is 12.1 Å². The Balaban J connectivity index is 4.96. The Hall–Kier alpha value is -1.59. The molecular weight excluding hydrogens is 258 g/mol. The van der Waals surface area contributed by atoms with Crippen LogP contribution in [0.25, 0.3) is 0 Å². The van der Waals surface area contributed by atoms with E-state index in [0.29, 0.717) is 12.8 Å². The number of nitrogens with one attached hydrogen (secondary N) is 3. The Bertz CT molecular complexity index is 348. The van der Waals surface area contributed by atoms with Crippen molar-refractivity contribution in [3.05, 3.63) is 0 Å². The minimum absolute atomic E-state index is 0.250. The van der Waals surface area contributed by atoms with Crippen molar-refractivity contribution in [3.8, 4) is 0 Å². The maximum absolute atomic E-state index is 12.2. The van der Waals surface area contributed by atoms with E-state index in [1.54, 1.807) is 0 Å². The van der Waals surface area contributed by atoms with Crippen LogP contribution in [0.5, 0.6) is 0 Å². The second-order valence-electron chi connectivity index (χ2n) is 6.39. The van der Waals surface area contributed by atoms with Crippen LogP contribution in [0.2, 0.25) is 0 Å². The van der Waals surface area contributed by atoms with Crippen molar-refractivity contribution in [2.45, 2.75) is 53.1 Å².